The van der Waals surface area contributed by atoms with Crippen molar-refractivity contribution in [2.24, 2.45) is 0 Å². The third-order valence-corrected chi connectivity index (χ3v) is 5.22. The van der Waals surface area contributed by atoms with Crippen molar-refractivity contribution in [3.63, 3.8) is 0 Å². The van der Waals surface area contributed by atoms with Gasteiger partial charge in [-0.15, -0.1) is 10.2 Å². The third kappa shape index (κ3) is 3.92. The number of carbonyl (C=O) groups excluding carboxylic acids is 1. The van der Waals surface area contributed by atoms with E-state index in [0.29, 0.717) is 39.1 Å². The summed E-state index contributed by atoms with van der Waals surface area (Å²) >= 11 is 12.8. The lowest BCUT2D eigenvalue weighted by Gasteiger charge is -2.30. The minimum atomic E-state index is -0.594. The van der Waals surface area contributed by atoms with Gasteiger partial charge < -0.3 is 19.2 Å². The fourth-order valence-corrected chi connectivity index (χ4v) is 3.61. The molecule has 2 aromatic rings. The summed E-state index contributed by atoms with van der Waals surface area (Å²) in [6.45, 7) is 4.08. The second kappa shape index (κ2) is 8.77. The molecule has 0 bridgehead atoms. The Morgan fingerprint density at radius 3 is 2.71 bits per heavy atom. The van der Waals surface area contributed by atoms with Crippen LogP contribution in [0.4, 0.5) is 0 Å². The lowest BCUT2D eigenvalue weighted by molar-refractivity contribution is -0.140. The summed E-state index contributed by atoms with van der Waals surface area (Å²) in [5.41, 5.74) is 3.06. The summed E-state index contributed by atoms with van der Waals surface area (Å²) in [5, 5.41) is 11.7. The highest BCUT2D eigenvalue weighted by Gasteiger charge is 2.38. The number of benzene rings is 1. The SMILES string of the molecule is COCCOC(=O)C1=C(C)NC(C)=C(c2nnco2)C1c1cccc(Cl)c1Cl. The average Bonchev–Trinajstić information content (AvgIpc) is 3.17. The molecular weight excluding hydrogens is 405 g/mol. The zero-order valence-corrected chi connectivity index (χ0v) is 17.1. The fourth-order valence-electron chi connectivity index (χ4n) is 3.19. The highest BCUT2D eigenvalue weighted by Crippen LogP contribution is 2.46. The summed E-state index contributed by atoms with van der Waals surface area (Å²) in [6, 6.07) is 5.27. The molecule has 1 aromatic heterocycles. The van der Waals surface area contributed by atoms with Crippen LogP contribution in [0.15, 0.2) is 46.0 Å². The zero-order valence-electron chi connectivity index (χ0n) is 15.6. The molecule has 1 N–H and O–H groups in total. The van der Waals surface area contributed by atoms with Crippen molar-refractivity contribution in [2.45, 2.75) is 19.8 Å². The quantitative estimate of drug-likeness (QED) is 0.555. The van der Waals surface area contributed by atoms with E-state index < -0.39 is 11.9 Å². The first-order chi connectivity index (χ1) is 13.5. The first-order valence-corrected chi connectivity index (χ1v) is 9.26. The van der Waals surface area contributed by atoms with E-state index in [-0.39, 0.29) is 12.5 Å². The minimum Gasteiger partial charge on any atom is -0.460 e. The van der Waals surface area contributed by atoms with Gasteiger partial charge in [-0.25, -0.2) is 4.79 Å². The van der Waals surface area contributed by atoms with Gasteiger partial charge in [-0.2, -0.15) is 0 Å². The van der Waals surface area contributed by atoms with Crippen LogP contribution >= 0.6 is 23.2 Å². The van der Waals surface area contributed by atoms with Crippen molar-refractivity contribution >= 4 is 34.7 Å². The van der Waals surface area contributed by atoms with E-state index in [1.54, 1.807) is 19.1 Å². The maximum Gasteiger partial charge on any atom is 0.336 e. The van der Waals surface area contributed by atoms with Crippen molar-refractivity contribution in [1.29, 1.82) is 0 Å². The van der Waals surface area contributed by atoms with E-state index in [2.05, 4.69) is 15.5 Å². The maximum absolute atomic E-state index is 12.9. The number of hydrogen-bond donors (Lipinski definition) is 1. The molecule has 0 radical (unpaired) electrons. The molecule has 1 aliphatic heterocycles. The molecule has 0 aliphatic carbocycles. The Bertz CT molecular complexity index is 939. The number of halogens is 2. The molecule has 9 heteroatoms. The van der Waals surface area contributed by atoms with Crippen LogP contribution in [0.2, 0.25) is 10.0 Å². The van der Waals surface area contributed by atoms with Gasteiger partial charge in [0, 0.05) is 24.1 Å². The number of aromatic nitrogens is 2. The number of dihydropyridines is 1. The number of allylic oxidation sites excluding steroid dienone is 3. The number of hydrogen-bond acceptors (Lipinski definition) is 7. The van der Waals surface area contributed by atoms with Gasteiger partial charge in [-0.05, 0) is 25.5 Å². The maximum atomic E-state index is 12.9. The van der Waals surface area contributed by atoms with Crippen LogP contribution in [-0.4, -0.2) is 36.5 Å². The molecule has 1 unspecified atom stereocenters. The number of methoxy groups -OCH3 is 1. The van der Waals surface area contributed by atoms with Gasteiger partial charge in [0.1, 0.15) is 6.61 Å². The molecule has 3 rings (SSSR count). The van der Waals surface area contributed by atoms with E-state index in [1.165, 1.54) is 13.5 Å². The molecule has 148 valence electrons. The molecule has 1 atom stereocenters. The molecule has 0 saturated heterocycles. The van der Waals surface area contributed by atoms with Crippen LogP contribution in [0.25, 0.3) is 5.57 Å². The van der Waals surface area contributed by atoms with Gasteiger partial charge in [-0.1, -0.05) is 35.3 Å². The Kier molecular flexibility index (Phi) is 6.39. The molecule has 1 aromatic carbocycles. The summed E-state index contributed by atoms with van der Waals surface area (Å²) in [7, 11) is 1.54. The van der Waals surface area contributed by atoms with Gasteiger partial charge in [0.25, 0.3) is 0 Å². The summed E-state index contributed by atoms with van der Waals surface area (Å²) in [6.07, 6.45) is 1.23. The standard InChI is InChI=1S/C19H19Cl2N3O4/c1-10-14(18-24-22-9-28-18)16(12-5-4-6-13(20)17(12)21)15(11(2)23-10)19(25)27-8-7-26-3/h4-6,9,16,23H,7-8H2,1-3H3. The van der Waals surface area contributed by atoms with Crippen LogP contribution in [0.5, 0.6) is 0 Å². The van der Waals surface area contributed by atoms with E-state index in [0.717, 1.165) is 5.70 Å². The predicted octanol–water partition coefficient (Wildman–Crippen LogP) is 3.96. The van der Waals surface area contributed by atoms with Gasteiger partial charge in [0.05, 0.1) is 28.1 Å². The first kappa shape index (κ1) is 20.4. The van der Waals surface area contributed by atoms with Gasteiger partial charge in [0.15, 0.2) is 0 Å². The van der Waals surface area contributed by atoms with Crippen molar-refractivity contribution in [3.8, 4) is 0 Å². The van der Waals surface area contributed by atoms with Crippen molar-refractivity contribution in [1.82, 2.24) is 15.5 Å². The molecule has 28 heavy (non-hydrogen) atoms. The second-order valence-corrected chi connectivity index (χ2v) is 6.94. The number of nitrogens with one attached hydrogen (secondary N) is 1. The molecule has 1 aliphatic rings. The third-order valence-electron chi connectivity index (χ3n) is 4.38. The predicted molar refractivity (Wildman–Crippen MR) is 105 cm³/mol. The van der Waals surface area contributed by atoms with Gasteiger partial charge in [0.2, 0.25) is 12.3 Å². The normalized spacial score (nSPS) is 17.0. The number of rotatable bonds is 6. The lowest BCUT2D eigenvalue weighted by Crippen LogP contribution is -2.29. The highest BCUT2D eigenvalue weighted by atomic mass is 35.5. The largest absolute Gasteiger partial charge is 0.460 e. The monoisotopic (exact) mass is 423 g/mol. The van der Waals surface area contributed by atoms with Crippen LogP contribution in [0.1, 0.15) is 31.2 Å². The Hall–Kier alpha value is -2.35. The van der Waals surface area contributed by atoms with E-state index >= 15 is 0 Å². The Balaban J connectivity index is 2.15. The van der Waals surface area contributed by atoms with Crippen LogP contribution in [-0.2, 0) is 14.3 Å². The van der Waals surface area contributed by atoms with E-state index in [4.69, 9.17) is 37.1 Å². The zero-order chi connectivity index (χ0) is 20.3. The molecule has 0 fully saturated rings. The van der Waals surface area contributed by atoms with Gasteiger partial charge in [-0.3, -0.25) is 0 Å². The smallest absolute Gasteiger partial charge is 0.336 e. The van der Waals surface area contributed by atoms with Crippen LogP contribution in [0, 0.1) is 0 Å². The number of carbonyl (C=O) groups is 1. The average molecular weight is 424 g/mol. The molecule has 0 saturated carbocycles. The van der Waals surface area contributed by atoms with E-state index in [1.807, 2.05) is 13.0 Å². The first-order valence-electron chi connectivity index (χ1n) is 8.50. The summed E-state index contributed by atoms with van der Waals surface area (Å²) in [4.78, 5) is 12.9. The molecule has 0 spiro atoms. The number of esters is 1. The molecule has 7 nitrogen and oxygen atoms in total. The Morgan fingerprint density at radius 2 is 2.04 bits per heavy atom. The van der Waals surface area contributed by atoms with Crippen molar-refractivity contribution in [3.05, 3.63) is 63.1 Å². The van der Waals surface area contributed by atoms with E-state index in [9.17, 15) is 4.79 Å². The molecule has 2 heterocycles. The highest BCUT2D eigenvalue weighted by molar-refractivity contribution is 6.42. The number of ether oxygens (including phenoxy) is 2. The van der Waals surface area contributed by atoms with Gasteiger partial charge >= 0.3 is 5.97 Å². The second-order valence-electron chi connectivity index (χ2n) is 6.15. The Morgan fingerprint density at radius 1 is 1.25 bits per heavy atom. The minimum absolute atomic E-state index is 0.126. The number of nitrogens with zero attached hydrogens (tertiary/aromatic N) is 2. The summed E-state index contributed by atoms with van der Waals surface area (Å²) < 4.78 is 15.8. The van der Waals surface area contributed by atoms with Crippen LogP contribution in [0.3, 0.4) is 0 Å². The lowest BCUT2D eigenvalue weighted by atomic mass is 9.80. The van der Waals surface area contributed by atoms with Crippen LogP contribution < -0.4 is 5.32 Å². The molecular formula is C19H19Cl2N3O4. The van der Waals surface area contributed by atoms with Crippen molar-refractivity contribution < 1.29 is 18.7 Å². The summed E-state index contributed by atoms with van der Waals surface area (Å²) in [5.74, 6) is -0.809. The van der Waals surface area contributed by atoms with Crippen molar-refractivity contribution in [2.75, 3.05) is 20.3 Å². The molecule has 0 amide bonds. The fraction of sp³-hybridized carbons (Fsp3) is 0.316. The Labute approximate surface area is 172 Å². The topological polar surface area (TPSA) is 86.5 Å².